The van der Waals surface area contributed by atoms with Crippen molar-refractivity contribution in [1.29, 1.82) is 5.26 Å². The van der Waals surface area contributed by atoms with Gasteiger partial charge in [0.15, 0.2) is 0 Å². The molecular weight excluding hydrogens is 396 g/mol. The van der Waals surface area contributed by atoms with Gasteiger partial charge in [-0.3, -0.25) is 4.79 Å². The molecule has 0 spiro atoms. The van der Waals surface area contributed by atoms with E-state index in [2.05, 4.69) is 10.4 Å². The summed E-state index contributed by atoms with van der Waals surface area (Å²) in [4.78, 5) is 12.7. The minimum absolute atomic E-state index is 0.0301. The summed E-state index contributed by atoms with van der Waals surface area (Å²) < 4.78 is 1.67. The first-order chi connectivity index (χ1) is 14.3. The van der Waals surface area contributed by atoms with E-state index < -0.39 is 5.91 Å². The van der Waals surface area contributed by atoms with E-state index >= 15 is 0 Å². The maximum Gasteiger partial charge on any atom is 0.266 e. The summed E-state index contributed by atoms with van der Waals surface area (Å²) in [6.45, 7) is 8.17. The second-order valence-corrected chi connectivity index (χ2v) is 7.68. The molecule has 30 heavy (non-hydrogen) atoms. The number of nitriles is 1. The number of hydrogen-bond acceptors (Lipinski definition) is 3. The number of halogens is 1. The van der Waals surface area contributed by atoms with Crippen LogP contribution >= 0.6 is 11.6 Å². The summed E-state index contributed by atoms with van der Waals surface area (Å²) in [6, 6.07) is 15.8. The minimum atomic E-state index is -0.475. The van der Waals surface area contributed by atoms with Gasteiger partial charge in [0.25, 0.3) is 5.91 Å². The Labute approximate surface area is 181 Å². The van der Waals surface area contributed by atoms with E-state index in [-0.39, 0.29) is 5.57 Å². The molecule has 2 aromatic carbocycles. The van der Waals surface area contributed by atoms with Crippen LogP contribution in [0.2, 0.25) is 5.15 Å². The lowest BCUT2D eigenvalue weighted by atomic mass is 10.1. The number of amides is 1. The van der Waals surface area contributed by atoms with Crippen molar-refractivity contribution >= 4 is 29.3 Å². The average Bonchev–Trinajstić information content (AvgIpc) is 2.97. The molecule has 1 N–H and O–H groups in total. The molecule has 6 heteroatoms. The molecule has 0 saturated heterocycles. The maximum absolute atomic E-state index is 12.7. The van der Waals surface area contributed by atoms with Gasteiger partial charge in [0.1, 0.15) is 16.8 Å². The number of benzene rings is 2. The predicted molar refractivity (Wildman–Crippen MR) is 120 cm³/mol. The zero-order valence-electron chi connectivity index (χ0n) is 17.5. The van der Waals surface area contributed by atoms with Crippen LogP contribution in [0.3, 0.4) is 0 Å². The molecule has 0 atom stereocenters. The largest absolute Gasteiger partial charge is 0.321 e. The fourth-order valence-electron chi connectivity index (χ4n) is 3.19. The van der Waals surface area contributed by atoms with Crippen molar-refractivity contribution in [2.75, 3.05) is 5.32 Å². The molecule has 0 aliphatic rings. The Hall–Kier alpha value is -3.36. The summed E-state index contributed by atoms with van der Waals surface area (Å²) in [5.74, 6) is -0.475. The molecule has 1 amide bonds. The van der Waals surface area contributed by atoms with Gasteiger partial charge >= 0.3 is 0 Å². The summed E-state index contributed by atoms with van der Waals surface area (Å²) in [6.07, 6.45) is 1.50. The van der Waals surface area contributed by atoms with Crippen molar-refractivity contribution in [1.82, 2.24) is 9.78 Å². The van der Waals surface area contributed by atoms with E-state index in [9.17, 15) is 10.1 Å². The number of nitrogens with one attached hydrogen (secondary N) is 1. The SMILES string of the molecule is Cc1ccc(Cn2nc(C)c(/C=C(\C#N)C(=O)Nc3c(C)cccc3C)c2Cl)cc1. The Morgan fingerprint density at radius 2 is 1.77 bits per heavy atom. The Bertz CT molecular complexity index is 1150. The Balaban J connectivity index is 1.88. The lowest BCUT2D eigenvalue weighted by Gasteiger charge is -2.10. The summed E-state index contributed by atoms with van der Waals surface area (Å²) >= 11 is 6.54. The number of nitrogens with zero attached hydrogens (tertiary/aromatic N) is 3. The van der Waals surface area contributed by atoms with Crippen LogP contribution in [-0.2, 0) is 11.3 Å². The van der Waals surface area contributed by atoms with E-state index in [1.807, 2.05) is 76.2 Å². The number of aryl methyl sites for hydroxylation is 4. The van der Waals surface area contributed by atoms with E-state index in [1.165, 1.54) is 11.6 Å². The first-order valence-electron chi connectivity index (χ1n) is 9.58. The predicted octanol–water partition coefficient (Wildman–Crippen LogP) is 5.36. The molecule has 0 fully saturated rings. The average molecular weight is 419 g/mol. The van der Waals surface area contributed by atoms with Crippen molar-refractivity contribution < 1.29 is 4.79 Å². The third-order valence-electron chi connectivity index (χ3n) is 4.94. The monoisotopic (exact) mass is 418 g/mol. The van der Waals surface area contributed by atoms with Gasteiger partial charge in [-0.05, 0) is 50.5 Å². The van der Waals surface area contributed by atoms with Crippen LogP contribution in [0.25, 0.3) is 6.08 Å². The number of hydrogen-bond donors (Lipinski definition) is 1. The van der Waals surface area contributed by atoms with E-state index in [0.29, 0.717) is 28.6 Å². The Morgan fingerprint density at radius 3 is 2.37 bits per heavy atom. The number of carbonyl (C=O) groups is 1. The number of para-hydroxylation sites is 1. The van der Waals surface area contributed by atoms with Gasteiger partial charge in [0.2, 0.25) is 0 Å². The van der Waals surface area contributed by atoms with E-state index in [4.69, 9.17) is 11.6 Å². The van der Waals surface area contributed by atoms with E-state index in [0.717, 1.165) is 16.7 Å². The third-order valence-corrected chi connectivity index (χ3v) is 5.33. The van der Waals surface area contributed by atoms with Gasteiger partial charge in [0, 0.05) is 11.3 Å². The smallest absolute Gasteiger partial charge is 0.266 e. The molecule has 0 bridgehead atoms. The second kappa shape index (κ2) is 8.98. The highest BCUT2D eigenvalue weighted by Crippen LogP contribution is 2.25. The molecule has 1 heterocycles. The fraction of sp³-hybridized carbons (Fsp3) is 0.208. The topological polar surface area (TPSA) is 70.7 Å². The van der Waals surface area contributed by atoms with Crippen molar-refractivity contribution in [3.05, 3.63) is 86.7 Å². The van der Waals surface area contributed by atoms with Crippen molar-refractivity contribution in [3.63, 3.8) is 0 Å². The molecule has 5 nitrogen and oxygen atoms in total. The first-order valence-corrected chi connectivity index (χ1v) is 9.95. The maximum atomic E-state index is 12.7. The molecule has 1 aromatic heterocycles. The molecule has 0 unspecified atom stereocenters. The minimum Gasteiger partial charge on any atom is -0.321 e. The molecule has 0 saturated carbocycles. The van der Waals surface area contributed by atoms with Crippen molar-refractivity contribution in [2.45, 2.75) is 34.2 Å². The number of anilines is 1. The highest BCUT2D eigenvalue weighted by Gasteiger charge is 2.17. The Morgan fingerprint density at radius 1 is 1.13 bits per heavy atom. The quantitative estimate of drug-likeness (QED) is 0.447. The second-order valence-electron chi connectivity index (χ2n) is 7.32. The van der Waals surface area contributed by atoms with Gasteiger partial charge in [0.05, 0.1) is 12.2 Å². The van der Waals surface area contributed by atoms with Crippen molar-refractivity contribution in [2.24, 2.45) is 0 Å². The van der Waals surface area contributed by atoms with Gasteiger partial charge in [-0.15, -0.1) is 0 Å². The van der Waals surface area contributed by atoms with Gasteiger partial charge in [-0.1, -0.05) is 59.6 Å². The lowest BCUT2D eigenvalue weighted by molar-refractivity contribution is -0.112. The van der Waals surface area contributed by atoms with Crippen LogP contribution in [0.5, 0.6) is 0 Å². The summed E-state index contributed by atoms with van der Waals surface area (Å²) in [5.41, 5.74) is 6.00. The Kier molecular flexibility index (Phi) is 6.39. The third kappa shape index (κ3) is 4.61. The zero-order valence-corrected chi connectivity index (χ0v) is 18.2. The van der Waals surface area contributed by atoms with Crippen LogP contribution in [0.15, 0.2) is 48.0 Å². The van der Waals surface area contributed by atoms with Gasteiger partial charge in [-0.2, -0.15) is 10.4 Å². The number of rotatable bonds is 5. The van der Waals surface area contributed by atoms with Crippen LogP contribution in [0.1, 0.15) is 33.5 Å². The van der Waals surface area contributed by atoms with Crippen LogP contribution in [0, 0.1) is 39.0 Å². The van der Waals surface area contributed by atoms with Crippen molar-refractivity contribution in [3.8, 4) is 6.07 Å². The fourth-order valence-corrected chi connectivity index (χ4v) is 3.48. The van der Waals surface area contributed by atoms with Crippen LogP contribution in [0.4, 0.5) is 5.69 Å². The lowest BCUT2D eigenvalue weighted by Crippen LogP contribution is -2.15. The molecule has 0 aliphatic heterocycles. The molecule has 152 valence electrons. The van der Waals surface area contributed by atoms with Gasteiger partial charge < -0.3 is 5.32 Å². The number of carbonyl (C=O) groups excluding carboxylic acids is 1. The first kappa shape index (κ1) is 21.4. The summed E-state index contributed by atoms with van der Waals surface area (Å²) in [5, 5.41) is 17.3. The molecule has 3 aromatic rings. The molecule has 0 aliphatic carbocycles. The molecule has 0 radical (unpaired) electrons. The number of aromatic nitrogens is 2. The summed E-state index contributed by atoms with van der Waals surface area (Å²) in [7, 11) is 0. The highest BCUT2D eigenvalue weighted by atomic mass is 35.5. The molecule has 3 rings (SSSR count). The normalized spacial score (nSPS) is 11.3. The van der Waals surface area contributed by atoms with Gasteiger partial charge in [-0.25, -0.2) is 4.68 Å². The van der Waals surface area contributed by atoms with E-state index in [1.54, 1.807) is 4.68 Å². The van der Waals surface area contributed by atoms with Crippen LogP contribution in [-0.4, -0.2) is 15.7 Å². The van der Waals surface area contributed by atoms with Crippen LogP contribution < -0.4 is 5.32 Å². The zero-order chi connectivity index (χ0) is 21.8. The molecular formula is C24H23ClN4O. The standard InChI is InChI=1S/C24H23ClN4O/c1-15-8-10-19(11-9-15)14-29-23(25)21(18(4)28-29)12-20(13-26)24(30)27-22-16(2)6-5-7-17(22)3/h5-12H,14H2,1-4H3,(H,27,30)/b20-12+. The highest BCUT2D eigenvalue weighted by molar-refractivity contribution is 6.31.